The van der Waals surface area contributed by atoms with Gasteiger partial charge in [0, 0.05) is 40.7 Å². The molecule has 6 aliphatic rings. The van der Waals surface area contributed by atoms with Gasteiger partial charge >= 0.3 is 0 Å². The lowest BCUT2D eigenvalue weighted by Crippen LogP contribution is -2.66. The Bertz CT molecular complexity index is 1570. The number of nitrogens with one attached hydrogen (secondary N) is 1. The van der Waals surface area contributed by atoms with Crippen molar-refractivity contribution in [2.24, 2.45) is 11.3 Å². The number of nitrogens with zero attached hydrogens (tertiary/aromatic N) is 3. The van der Waals surface area contributed by atoms with Gasteiger partial charge in [0.15, 0.2) is 0 Å². The highest BCUT2D eigenvalue weighted by molar-refractivity contribution is 5.84. The Balaban J connectivity index is 1.37. The molecule has 6 nitrogen and oxygen atoms in total. The fraction of sp³-hybridized carbons (Fsp3) is 0.556. The summed E-state index contributed by atoms with van der Waals surface area (Å²) in [4.78, 5) is 9.06. The van der Waals surface area contributed by atoms with E-state index in [4.69, 9.17) is 0 Å². The summed E-state index contributed by atoms with van der Waals surface area (Å²) in [5.41, 5.74) is 1.83. The number of aromatic amines is 1. The number of aliphatic hydroxyl groups is 1. The van der Waals surface area contributed by atoms with E-state index in [-0.39, 0.29) is 17.4 Å². The van der Waals surface area contributed by atoms with Gasteiger partial charge in [-0.3, -0.25) is 4.90 Å². The number of para-hydroxylation sites is 1. The minimum absolute atomic E-state index is 0.0569. The van der Waals surface area contributed by atoms with Gasteiger partial charge in [-0.15, -0.1) is 0 Å². The van der Waals surface area contributed by atoms with Crippen molar-refractivity contribution < 1.29 is 5.11 Å². The van der Waals surface area contributed by atoms with Crippen molar-refractivity contribution in [3.8, 4) is 0 Å². The number of hydroxylamine groups is 2. The third-order valence-electron chi connectivity index (χ3n) is 11.4. The van der Waals surface area contributed by atoms with Crippen LogP contribution in [-0.2, 0) is 0 Å². The predicted octanol–water partition coefficient (Wildman–Crippen LogP) is 4.55. The van der Waals surface area contributed by atoms with E-state index in [0.29, 0.717) is 19.0 Å². The highest BCUT2D eigenvalue weighted by Gasteiger charge is 2.65. The molecule has 6 heteroatoms. The molecule has 2 N–H and O–H groups in total. The summed E-state index contributed by atoms with van der Waals surface area (Å²) in [5.74, 6) is 0.241. The fourth-order valence-electron chi connectivity index (χ4n) is 9.83. The molecule has 8 rings (SSSR count). The summed E-state index contributed by atoms with van der Waals surface area (Å²) >= 11 is 0. The highest BCUT2D eigenvalue weighted by Crippen LogP contribution is 2.61. The number of hydrogen-bond acceptors (Lipinski definition) is 5. The molecule has 222 valence electrons. The lowest BCUT2D eigenvalue weighted by molar-refractivity contribution is -0.0955. The molecular formula is C36H45N4O2-. The number of hydrogen-bond donors (Lipinski definition) is 2. The first kappa shape index (κ1) is 26.9. The standard InChI is InChI=1S/C36H45N4O2/c41-36-18-10-4-1-2-5-11-19-38-21-17-30(35(25-38)23-26-13-7-3-6-12-20-39(26)34(35)36)29(24-36)33-32-28(16-22-40(33)42)27-14-8-9-15-31(27)37-32/h1,4,7-9,13-16,24,26,30,34,37,41H,2-3,5-6,10-12,17-23,25H2/q-1. The van der Waals surface area contributed by atoms with E-state index < -0.39 is 5.60 Å². The molecule has 1 aliphatic carbocycles. The average molecular weight is 566 g/mol. The van der Waals surface area contributed by atoms with Crippen molar-refractivity contribution in [2.75, 3.05) is 32.7 Å². The molecule has 1 spiro atoms. The number of rotatable bonds is 1. The van der Waals surface area contributed by atoms with Crippen molar-refractivity contribution in [1.29, 1.82) is 0 Å². The van der Waals surface area contributed by atoms with E-state index >= 15 is 0 Å². The summed E-state index contributed by atoms with van der Waals surface area (Å²) in [5, 5.41) is 31.5. The van der Waals surface area contributed by atoms with Crippen molar-refractivity contribution in [3.63, 3.8) is 0 Å². The molecule has 1 aromatic heterocycles. The van der Waals surface area contributed by atoms with Crippen LogP contribution in [0.25, 0.3) is 22.7 Å². The van der Waals surface area contributed by atoms with E-state index in [9.17, 15) is 10.3 Å². The molecule has 2 fully saturated rings. The molecule has 0 saturated carbocycles. The van der Waals surface area contributed by atoms with Crippen LogP contribution in [0.1, 0.15) is 64.2 Å². The number of piperidine rings is 1. The van der Waals surface area contributed by atoms with Crippen LogP contribution in [0.3, 0.4) is 0 Å². The smallest absolute Gasteiger partial charge is 0.0997 e. The van der Waals surface area contributed by atoms with Crippen molar-refractivity contribution in [3.05, 3.63) is 76.0 Å². The van der Waals surface area contributed by atoms with Crippen LogP contribution in [0.15, 0.2) is 60.2 Å². The van der Waals surface area contributed by atoms with Gasteiger partial charge in [0.05, 0.1) is 22.7 Å². The van der Waals surface area contributed by atoms with Crippen LogP contribution in [-0.4, -0.2) is 75.4 Å². The Morgan fingerprint density at radius 1 is 0.952 bits per heavy atom. The summed E-state index contributed by atoms with van der Waals surface area (Å²) in [6.45, 7) is 4.58. The second-order valence-electron chi connectivity index (χ2n) is 13.9. The highest BCUT2D eigenvalue weighted by atomic mass is 16.5. The van der Waals surface area contributed by atoms with Gasteiger partial charge in [-0.2, -0.15) is 0 Å². The lowest BCUT2D eigenvalue weighted by Gasteiger charge is -2.59. The maximum Gasteiger partial charge on any atom is 0.0997 e. The Morgan fingerprint density at radius 3 is 2.71 bits per heavy atom. The molecule has 6 heterocycles. The van der Waals surface area contributed by atoms with Crippen LogP contribution in [0.4, 0.5) is 0 Å². The Kier molecular flexibility index (Phi) is 6.75. The molecule has 42 heavy (non-hydrogen) atoms. The van der Waals surface area contributed by atoms with Gasteiger partial charge in [-0.25, -0.2) is 0 Å². The molecule has 5 aliphatic heterocycles. The summed E-state index contributed by atoms with van der Waals surface area (Å²) in [6.07, 6.45) is 24.5. The Hall–Kier alpha value is -2.64. The minimum Gasteiger partial charge on any atom is -0.758 e. The Morgan fingerprint density at radius 2 is 1.79 bits per heavy atom. The zero-order chi connectivity index (χ0) is 28.3. The molecule has 2 aromatic rings. The van der Waals surface area contributed by atoms with Gasteiger partial charge in [0.25, 0.3) is 0 Å². The number of allylic oxidation sites excluding steroid dienone is 3. The lowest BCUT2D eigenvalue weighted by atomic mass is 9.54. The third-order valence-corrected chi connectivity index (χ3v) is 11.4. The van der Waals surface area contributed by atoms with Gasteiger partial charge in [0.2, 0.25) is 0 Å². The number of aromatic nitrogens is 1. The van der Waals surface area contributed by atoms with Crippen LogP contribution in [0.5, 0.6) is 0 Å². The van der Waals surface area contributed by atoms with E-state index in [0.717, 1.165) is 85.6 Å². The van der Waals surface area contributed by atoms with Crippen molar-refractivity contribution in [2.45, 2.75) is 81.9 Å². The molecule has 2 saturated heterocycles. The Labute approximate surface area is 249 Å². The van der Waals surface area contributed by atoms with Gasteiger partial charge in [-0.1, -0.05) is 48.6 Å². The minimum atomic E-state index is -1.00. The van der Waals surface area contributed by atoms with Gasteiger partial charge < -0.3 is 25.3 Å². The molecule has 0 amide bonds. The topological polar surface area (TPSA) is 68.8 Å². The summed E-state index contributed by atoms with van der Waals surface area (Å²) in [7, 11) is 0. The molecule has 6 atom stereocenters. The van der Waals surface area contributed by atoms with Gasteiger partial charge in [-0.05, 0) is 107 Å². The maximum atomic E-state index is 13.9. The third kappa shape index (κ3) is 4.21. The van der Waals surface area contributed by atoms with E-state index in [1.807, 2.05) is 0 Å². The normalized spacial score (nSPS) is 37.0. The number of fused-ring (bicyclic) bond motifs is 5. The SMILES string of the molecule is [O-]N1CC=c2c([nH]c3ccccc23)=C1C1=CC2(O)CCC=CCCCCN3CCC1C1(CC4C=CCCCCN4C21)C3. The summed E-state index contributed by atoms with van der Waals surface area (Å²) < 4.78 is 0. The predicted molar refractivity (Wildman–Crippen MR) is 170 cm³/mol. The van der Waals surface area contributed by atoms with Crippen LogP contribution >= 0.6 is 0 Å². The quantitative estimate of drug-likeness (QED) is 0.497. The van der Waals surface area contributed by atoms with Gasteiger partial charge in [0.1, 0.15) is 0 Å². The largest absolute Gasteiger partial charge is 0.758 e. The first-order valence-corrected chi connectivity index (χ1v) is 16.6. The van der Waals surface area contributed by atoms with Crippen molar-refractivity contribution >= 4 is 22.7 Å². The van der Waals surface area contributed by atoms with E-state index in [2.05, 4.69) is 75.5 Å². The zero-order valence-electron chi connectivity index (χ0n) is 24.8. The zero-order valence-corrected chi connectivity index (χ0v) is 24.8. The fourth-order valence-corrected chi connectivity index (χ4v) is 9.83. The monoisotopic (exact) mass is 565 g/mol. The first-order chi connectivity index (χ1) is 20.6. The molecule has 0 radical (unpaired) electrons. The summed E-state index contributed by atoms with van der Waals surface area (Å²) in [6, 6.07) is 8.80. The average Bonchev–Trinajstić information content (AvgIpc) is 3.49. The second-order valence-corrected chi connectivity index (χ2v) is 13.9. The molecule has 6 unspecified atom stereocenters. The molecular weight excluding hydrogens is 520 g/mol. The van der Waals surface area contributed by atoms with E-state index in [1.165, 1.54) is 36.1 Å². The van der Waals surface area contributed by atoms with Crippen molar-refractivity contribution in [1.82, 2.24) is 19.8 Å². The van der Waals surface area contributed by atoms with E-state index in [1.54, 1.807) is 0 Å². The second kappa shape index (κ2) is 10.5. The van der Waals surface area contributed by atoms with Crippen LogP contribution in [0.2, 0.25) is 0 Å². The number of benzene rings is 1. The maximum absolute atomic E-state index is 13.9. The van der Waals surface area contributed by atoms with Crippen LogP contribution < -0.4 is 10.6 Å². The van der Waals surface area contributed by atoms with Crippen LogP contribution in [0, 0.1) is 16.5 Å². The molecule has 1 aromatic carbocycles. The molecule has 3 bridgehead atoms. The first-order valence-electron chi connectivity index (χ1n) is 16.6. The number of H-pyrrole nitrogens is 1.